The molecule has 0 saturated carbocycles. The number of hydrogen-bond acceptors (Lipinski definition) is 2. The number of hydrogen-bond donors (Lipinski definition) is 0. The van der Waals surface area contributed by atoms with E-state index in [0.29, 0.717) is 5.92 Å². The number of nitrogens with zero attached hydrogens (tertiary/aromatic N) is 3. The molecule has 0 bridgehead atoms. The minimum Gasteiger partial charge on any atom is -0.454 e. The lowest BCUT2D eigenvalue weighted by molar-refractivity contribution is 0.702. The van der Waals surface area contributed by atoms with Crippen LogP contribution < -0.4 is 0 Å². The molecule has 0 radical (unpaired) electrons. The summed E-state index contributed by atoms with van der Waals surface area (Å²) in [6.45, 7) is 0. The van der Waals surface area contributed by atoms with Crippen molar-refractivity contribution in [3.05, 3.63) is 221 Å². The first kappa shape index (κ1) is 33.3. The Kier molecular flexibility index (Phi) is 8.24. The monoisotopic (exact) mass is 738 g/mol. The predicted octanol–water partition coefficient (Wildman–Crippen LogP) is 13.7. The Bertz CT molecular complexity index is 2790. The van der Waals surface area contributed by atoms with E-state index in [2.05, 4.69) is 187 Å². The van der Waals surface area contributed by atoms with Crippen LogP contribution in [0.25, 0.3) is 43.9 Å². The Labute approximate surface area is 332 Å². The van der Waals surface area contributed by atoms with E-state index in [1.54, 1.807) is 0 Å². The second kappa shape index (κ2) is 13.9. The summed E-state index contributed by atoms with van der Waals surface area (Å²) in [4.78, 5) is 6.83. The maximum atomic E-state index is 5.44. The Hall–Kier alpha value is -6.10. The molecule has 4 atom stereocenters. The smallest absolute Gasteiger partial charge is 0.0605 e. The number of para-hydroxylation sites is 1. The summed E-state index contributed by atoms with van der Waals surface area (Å²) in [5.41, 5.74) is 13.7. The Balaban J connectivity index is 1.04. The van der Waals surface area contributed by atoms with Gasteiger partial charge in [-0.25, -0.2) is 0 Å². The molecule has 3 aliphatic carbocycles. The minimum absolute atomic E-state index is 0.134. The number of allylic oxidation sites excluding steroid dienone is 10. The maximum Gasteiger partial charge on any atom is 0.0605 e. The number of thioether (sulfide) groups is 1. The lowest BCUT2D eigenvalue weighted by Gasteiger charge is -2.35. The second-order valence-electron chi connectivity index (χ2n) is 15.2. The van der Waals surface area contributed by atoms with E-state index in [0.717, 1.165) is 36.4 Å². The van der Waals surface area contributed by atoms with Crippen LogP contribution in [0.4, 0.5) is 0 Å². The highest BCUT2D eigenvalue weighted by Gasteiger charge is 2.38. The maximum absolute atomic E-state index is 5.44. The van der Waals surface area contributed by atoms with E-state index in [1.165, 1.54) is 65.8 Å². The molecule has 1 aromatic heterocycles. The lowest BCUT2D eigenvalue weighted by atomic mass is 9.82. The van der Waals surface area contributed by atoms with Crippen LogP contribution in [0, 0.1) is 5.92 Å². The zero-order valence-electron chi connectivity index (χ0n) is 31.0. The largest absolute Gasteiger partial charge is 0.454 e. The molecule has 0 N–H and O–H groups in total. The van der Waals surface area contributed by atoms with Crippen LogP contribution in [0.5, 0.6) is 0 Å². The van der Waals surface area contributed by atoms with Gasteiger partial charge in [0.25, 0.3) is 0 Å². The van der Waals surface area contributed by atoms with Crippen molar-refractivity contribution >= 4 is 45.1 Å². The summed E-state index contributed by atoms with van der Waals surface area (Å²) in [5, 5.41) is 8.13. The first-order valence-corrected chi connectivity index (χ1v) is 20.7. The van der Waals surface area contributed by atoms with E-state index in [1.807, 2.05) is 11.8 Å². The predicted molar refractivity (Wildman–Crippen MR) is 236 cm³/mol. The van der Waals surface area contributed by atoms with Gasteiger partial charge in [0.2, 0.25) is 0 Å². The SMILES string of the molecule is C1=CCC(C2=C(C3=CC(c4ccccc4)[N-]C(c4ccc5c6ccccc6n(C6=CC=CC7c8cccc(-c9ccccc9)c8SC67)c5c4)=N3)C=CCC2)C=C1. The van der Waals surface area contributed by atoms with Gasteiger partial charge in [0, 0.05) is 39.2 Å². The molecule has 0 amide bonds. The molecule has 0 fully saturated rings. The molecule has 6 aromatic rings. The van der Waals surface area contributed by atoms with Crippen LogP contribution in [0.15, 0.2) is 209 Å². The second-order valence-corrected chi connectivity index (χ2v) is 16.4. The van der Waals surface area contributed by atoms with Gasteiger partial charge in [-0.05, 0) is 76.6 Å². The van der Waals surface area contributed by atoms with Crippen molar-refractivity contribution < 1.29 is 0 Å². The molecule has 0 spiro atoms. The van der Waals surface area contributed by atoms with Gasteiger partial charge in [0.15, 0.2) is 0 Å². The van der Waals surface area contributed by atoms with Crippen LogP contribution in [0.2, 0.25) is 0 Å². The van der Waals surface area contributed by atoms with Crippen LogP contribution in [-0.4, -0.2) is 15.7 Å². The van der Waals surface area contributed by atoms with E-state index in [-0.39, 0.29) is 17.2 Å². The van der Waals surface area contributed by atoms with Crippen LogP contribution in [0.1, 0.15) is 47.9 Å². The van der Waals surface area contributed by atoms with E-state index < -0.39 is 0 Å². The van der Waals surface area contributed by atoms with Gasteiger partial charge < -0.3 is 14.9 Å². The first-order valence-electron chi connectivity index (χ1n) is 19.9. The number of benzene rings is 5. The van der Waals surface area contributed by atoms with Crippen LogP contribution >= 0.6 is 11.8 Å². The zero-order chi connectivity index (χ0) is 37.0. The fourth-order valence-corrected chi connectivity index (χ4v) is 10.9. The number of aromatic nitrogens is 1. The number of fused-ring (bicyclic) bond motifs is 6. The van der Waals surface area contributed by atoms with Gasteiger partial charge in [-0.1, -0.05) is 175 Å². The molecule has 4 heteroatoms. The zero-order valence-corrected chi connectivity index (χ0v) is 31.8. The fourth-order valence-electron chi connectivity index (χ4n) is 9.33. The average Bonchev–Trinajstić information content (AvgIpc) is 3.83. The van der Waals surface area contributed by atoms with Crippen LogP contribution in [0.3, 0.4) is 0 Å². The Morgan fingerprint density at radius 2 is 1.55 bits per heavy atom. The molecular formula is C52H40N3S-. The number of rotatable bonds is 6. The van der Waals surface area contributed by atoms with Gasteiger partial charge in [0.1, 0.15) is 0 Å². The molecule has 0 saturated heterocycles. The van der Waals surface area contributed by atoms with Crippen molar-refractivity contribution in [3.63, 3.8) is 0 Å². The standard InChI is InChI=1S/C52H40N3S/c1-4-16-34(17-5-1)38-22-10-11-23-40(38)46-33-45(36-20-8-3-9-21-36)53-52(54-46)37-30-31-42-41-24-12-13-28-47(41)55(49(42)32-37)48-29-15-27-44-43-26-14-25-39(50(43)56-51(44)48)35-18-6-2-7-19-35/h1-9,11-16,18-21,23-34,44-45,51H,10,17,22H2/q-1. The minimum atomic E-state index is -0.134. The van der Waals surface area contributed by atoms with Crippen LogP contribution in [-0.2, 0) is 0 Å². The van der Waals surface area contributed by atoms with E-state index in [9.17, 15) is 0 Å². The van der Waals surface area contributed by atoms with Gasteiger partial charge in [0.05, 0.1) is 16.3 Å². The molecule has 2 aliphatic heterocycles. The quantitative estimate of drug-likeness (QED) is 0.167. The lowest BCUT2D eigenvalue weighted by Crippen LogP contribution is -2.17. The summed E-state index contributed by atoms with van der Waals surface area (Å²) in [6, 6.07) is 44.0. The summed E-state index contributed by atoms with van der Waals surface area (Å²) >= 11 is 2.01. The van der Waals surface area contributed by atoms with Gasteiger partial charge >= 0.3 is 0 Å². The highest BCUT2D eigenvalue weighted by atomic mass is 32.2. The van der Waals surface area contributed by atoms with Crippen molar-refractivity contribution in [2.24, 2.45) is 10.9 Å². The molecule has 5 aromatic carbocycles. The normalized spacial score (nSPS) is 22.5. The third kappa shape index (κ3) is 5.62. The number of aliphatic imine (C=N–C) groups is 1. The Morgan fingerprint density at radius 3 is 2.43 bits per heavy atom. The van der Waals surface area contributed by atoms with Crippen molar-refractivity contribution in [1.29, 1.82) is 0 Å². The molecule has 4 unspecified atom stereocenters. The molecule has 5 aliphatic rings. The molecule has 3 nitrogen and oxygen atoms in total. The number of amidine groups is 1. The summed E-state index contributed by atoms with van der Waals surface area (Å²) in [6.07, 6.45) is 26.1. The summed E-state index contributed by atoms with van der Waals surface area (Å²) in [5.74, 6) is 1.46. The third-order valence-corrected chi connectivity index (χ3v) is 13.5. The molecular weight excluding hydrogens is 699 g/mol. The third-order valence-electron chi connectivity index (χ3n) is 12.0. The highest BCUT2D eigenvalue weighted by molar-refractivity contribution is 8.00. The van der Waals surface area contributed by atoms with Crippen molar-refractivity contribution in [3.8, 4) is 11.1 Å². The highest BCUT2D eigenvalue weighted by Crippen LogP contribution is 2.55. The van der Waals surface area contributed by atoms with Gasteiger partial charge in [-0.15, -0.1) is 11.8 Å². The molecule has 11 rings (SSSR count). The summed E-state index contributed by atoms with van der Waals surface area (Å²) < 4.78 is 2.53. The molecule has 270 valence electrons. The van der Waals surface area contributed by atoms with Crippen molar-refractivity contribution in [2.75, 3.05) is 0 Å². The first-order chi connectivity index (χ1) is 27.8. The van der Waals surface area contributed by atoms with Crippen molar-refractivity contribution in [2.45, 2.75) is 41.4 Å². The average molecular weight is 739 g/mol. The van der Waals surface area contributed by atoms with Gasteiger partial charge in [-0.2, -0.15) is 0 Å². The van der Waals surface area contributed by atoms with E-state index in [4.69, 9.17) is 10.3 Å². The Morgan fingerprint density at radius 1 is 0.714 bits per heavy atom. The fraction of sp³-hybridized carbons (Fsp3) is 0.135. The van der Waals surface area contributed by atoms with Crippen molar-refractivity contribution in [1.82, 2.24) is 4.57 Å². The molecule has 56 heavy (non-hydrogen) atoms. The molecule has 3 heterocycles. The van der Waals surface area contributed by atoms with Gasteiger partial charge in [-0.3, -0.25) is 0 Å². The topological polar surface area (TPSA) is 31.4 Å². The van der Waals surface area contributed by atoms with E-state index >= 15 is 0 Å². The summed E-state index contributed by atoms with van der Waals surface area (Å²) in [7, 11) is 0.